The van der Waals surface area contributed by atoms with Crippen LogP contribution in [0.4, 0.5) is 5.69 Å². The third kappa shape index (κ3) is 2.69. The predicted molar refractivity (Wildman–Crippen MR) is 65.4 cm³/mol. The molecule has 1 heterocycles. The van der Waals surface area contributed by atoms with Crippen molar-refractivity contribution >= 4 is 5.69 Å². The van der Waals surface area contributed by atoms with E-state index in [4.69, 9.17) is 0 Å². The summed E-state index contributed by atoms with van der Waals surface area (Å²) in [7, 11) is 0. The van der Waals surface area contributed by atoms with E-state index in [1.807, 2.05) is 6.92 Å². The van der Waals surface area contributed by atoms with Crippen LogP contribution in [0.2, 0.25) is 0 Å². The Morgan fingerprint density at radius 2 is 2.11 bits per heavy atom. The second kappa shape index (κ2) is 5.37. The van der Waals surface area contributed by atoms with Crippen molar-refractivity contribution in [2.45, 2.75) is 13.5 Å². The van der Waals surface area contributed by atoms with Crippen LogP contribution in [0.15, 0.2) is 30.5 Å². The molecule has 1 N–H and O–H groups in total. The quantitative estimate of drug-likeness (QED) is 0.635. The molecule has 94 valence electrons. The summed E-state index contributed by atoms with van der Waals surface area (Å²) in [5.74, 6) is 0. The zero-order valence-corrected chi connectivity index (χ0v) is 9.91. The summed E-state index contributed by atoms with van der Waals surface area (Å²) in [6, 6.07) is 6.18. The molecular formula is C11H13N5O2. The van der Waals surface area contributed by atoms with E-state index in [9.17, 15) is 10.1 Å². The fourth-order valence-electron chi connectivity index (χ4n) is 1.49. The van der Waals surface area contributed by atoms with Gasteiger partial charge < -0.3 is 5.32 Å². The summed E-state index contributed by atoms with van der Waals surface area (Å²) in [4.78, 5) is 10.1. The predicted octanol–water partition coefficient (Wildman–Crippen LogP) is 1.28. The second-order valence-corrected chi connectivity index (χ2v) is 3.71. The van der Waals surface area contributed by atoms with Crippen LogP contribution < -0.4 is 5.32 Å². The van der Waals surface area contributed by atoms with E-state index < -0.39 is 4.92 Å². The first-order valence-corrected chi connectivity index (χ1v) is 5.57. The van der Waals surface area contributed by atoms with Gasteiger partial charge in [-0.05, 0) is 18.7 Å². The average Bonchev–Trinajstić information content (AvgIpc) is 2.85. The Labute approximate surface area is 104 Å². The lowest BCUT2D eigenvalue weighted by molar-refractivity contribution is -0.384. The summed E-state index contributed by atoms with van der Waals surface area (Å²) in [6.07, 6.45) is 1.80. The standard InChI is InChI=1S/C11H13N5O2/c1-2-12-7-9-8-15(14-13-9)10-3-5-11(6-4-10)16(17)18/h3-6,8,12H,2,7H2,1H3. The average molecular weight is 247 g/mol. The Hall–Kier alpha value is -2.28. The largest absolute Gasteiger partial charge is 0.311 e. The highest BCUT2D eigenvalue weighted by Gasteiger charge is 2.06. The van der Waals surface area contributed by atoms with Gasteiger partial charge in [0.2, 0.25) is 0 Å². The molecule has 2 rings (SSSR count). The number of nitrogens with one attached hydrogen (secondary N) is 1. The number of aromatic nitrogens is 3. The van der Waals surface area contributed by atoms with Crippen molar-refractivity contribution in [1.29, 1.82) is 0 Å². The third-order valence-electron chi connectivity index (χ3n) is 2.42. The second-order valence-electron chi connectivity index (χ2n) is 3.71. The number of hydrogen-bond donors (Lipinski definition) is 1. The fraction of sp³-hybridized carbons (Fsp3) is 0.273. The van der Waals surface area contributed by atoms with Crippen molar-refractivity contribution in [2.24, 2.45) is 0 Å². The van der Waals surface area contributed by atoms with Gasteiger partial charge in [0, 0.05) is 18.7 Å². The van der Waals surface area contributed by atoms with Crippen LogP contribution in [0.5, 0.6) is 0 Å². The molecule has 0 atom stereocenters. The first-order chi connectivity index (χ1) is 8.70. The Kier molecular flexibility index (Phi) is 3.63. The number of nitro groups is 1. The highest BCUT2D eigenvalue weighted by atomic mass is 16.6. The maximum atomic E-state index is 10.5. The minimum atomic E-state index is -0.429. The number of hydrogen-bond acceptors (Lipinski definition) is 5. The molecule has 0 spiro atoms. The lowest BCUT2D eigenvalue weighted by Gasteiger charge is -1.98. The molecule has 0 amide bonds. The van der Waals surface area contributed by atoms with Gasteiger partial charge in [0.05, 0.1) is 22.5 Å². The van der Waals surface area contributed by atoms with Crippen molar-refractivity contribution in [3.63, 3.8) is 0 Å². The molecule has 1 aromatic heterocycles. The van der Waals surface area contributed by atoms with Gasteiger partial charge in [-0.15, -0.1) is 5.10 Å². The minimum Gasteiger partial charge on any atom is -0.311 e. The van der Waals surface area contributed by atoms with Crippen molar-refractivity contribution < 1.29 is 4.92 Å². The highest BCUT2D eigenvalue weighted by molar-refractivity contribution is 5.40. The van der Waals surface area contributed by atoms with E-state index in [1.165, 1.54) is 12.1 Å². The maximum absolute atomic E-state index is 10.5. The van der Waals surface area contributed by atoms with E-state index in [0.29, 0.717) is 6.54 Å². The van der Waals surface area contributed by atoms with Crippen LogP contribution >= 0.6 is 0 Å². The molecule has 0 aliphatic rings. The van der Waals surface area contributed by atoms with Gasteiger partial charge in [-0.1, -0.05) is 12.1 Å². The molecule has 0 aliphatic carbocycles. The smallest absolute Gasteiger partial charge is 0.269 e. The SMILES string of the molecule is CCNCc1cn(-c2ccc([N+](=O)[O-])cc2)nn1. The molecule has 1 aromatic carbocycles. The van der Waals surface area contributed by atoms with Crippen molar-refractivity contribution in [3.05, 3.63) is 46.3 Å². The number of non-ortho nitro benzene ring substituents is 1. The van der Waals surface area contributed by atoms with Crippen LogP contribution in [0, 0.1) is 10.1 Å². The van der Waals surface area contributed by atoms with Gasteiger partial charge in [-0.25, -0.2) is 4.68 Å². The molecule has 0 saturated heterocycles. The van der Waals surface area contributed by atoms with Gasteiger partial charge in [0.25, 0.3) is 5.69 Å². The maximum Gasteiger partial charge on any atom is 0.269 e. The summed E-state index contributed by atoms with van der Waals surface area (Å²) in [5, 5.41) is 21.7. The molecule has 0 fully saturated rings. The summed E-state index contributed by atoms with van der Waals surface area (Å²) >= 11 is 0. The molecule has 18 heavy (non-hydrogen) atoms. The van der Waals surface area contributed by atoms with Crippen LogP contribution in [-0.2, 0) is 6.54 Å². The topological polar surface area (TPSA) is 85.9 Å². The lowest BCUT2D eigenvalue weighted by atomic mass is 10.3. The van der Waals surface area contributed by atoms with Gasteiger partial charge in [-0.2, -0.15) is 0 Å². The van der Waals surface area contributed by atoms with E-state index in [1.54, 1.807) is 23.0 Å². The number of rotatable bonds is 5. The fourth-order valence-corrected chi connectivity index (χ4v) is 1.49. The Morgan fingerprint density at radius 1 is 1.39 bits per heavy atom. The highest BCUT2D eigenvalue weighted by Crippen LogP contribution is 2.14. The van der Waals surface area contributed by atoms with Crippen molar-refractivity contribution in [1.82, 2.24) is 20.3 Å². The molecule has 0 radical (unpaired) electrons. The number of benzene rings is 1. The molecular weight excluding hydrogens is 234 g/mol. The van der Waals surface area contributed by atoms with Crippen LogP contribution in [0.3, 0.4) is 0 Å². The van der Waals surface area contributed by atoms with E-state index >= 15 is 0 Å². The first-order valence-electron chi connectivity index (χ1n) is 5.57. The minimum absolute atomic E-state index is 0.0618. The molecule has 0 bridgehead atoms. The molecule has 2 aromatic rings. The summed E-state index contributed by atoms with van der Waals surface area (Å²) < 4.78 is 1.59. The summed E-state index contributed by atoms with van der Waals surface area (Å²) in [5.41, 5.74) is 1.64. The van der Waals surface area contributed by atoms with Gasteiger partial charge in [-0.3, -0.25) is 10.1 Å². The molecule has 7 nitrogen and oxygen atoms in total. The lowest BCUT2D eigenvalue weighted by Crippen LogP contribution is -2.11. The first kappa shape index (κ1) is 12.2. The Balaban J connectivity index is 2.15. The third-order valence-corrected chi connectivity index (χ3v) is 2.42. The van der Waals surface area contributed by atoms with Gasteiger partial charge in [0.15, 0.2) is 0 Å². The molecule has 0 aliphatic heterocycles. The normalized spacial score (nSPS) is 10.5. The zero-order valence-electron chi connectivity index (χ0n) is 9.91. The van der Waals surface area contributed by atoms with Crippen LogP contribution in [-0.4, -0.2) is 26.5 Å². The van der Waals surface area contributed by atoms with Gasteiger partial charge in [0.1, 0.15) is 0 Å². The van der Waals surface area contributed by atoms with Crippen LogP contribution in [0.1, 0.15) is 12.6 Å². The van der Waals surface area contributed by atoms with E-state index in [-0.39, 0.29) is 5.69 Å². The number of nitrogens with zero attached hydrogens (tertiary/aromatic N) is 4. The zero-order chi connectivity index (χ0) is 13.0. The molecule has 7 heteroatoms. The molecule has 0 unspecified atom stereocenters. The van der Waals surface area contributed by atoms with Crippen molar-refractivity contribution in [3.8, 4) is 5.69 Å². The number of nitro benzene ring substituents is 1. The van der Waals surface area contributed by atoms with E-state index in [2.05, 4.69) is 15.6 Å². The van der Waals surface area contributed by atoms with Gasteiger partial charge >= 0.3 is 0 Å². The Bertz CT molecular complexity index is 535. The monoisotopic (exact) mass is 247 g/mol. The van der Waals surface area contributed by atoms with Crippen LogP contribution in [0.25, 0.3) is 5.69 Å². The molecule has 0 saturated carbocycles. The Morgan fingerprint density at radius 3 is 2.72 bits per heavy atom. The van der Waals surface area contributed by atoms with Crippen molar-refractivity contribution in [2.75, 3.05) is 6.54 Å². The van der Waals surface area contributed by atoms with E-state index in [0.717, 1.165) is 17.9 Å². The summed E-state index contributed by atoms with van der Waals surface area (Å²) in [6.45, 7) is 3.54.